The summed E-state index contributed by atoms with van der Waals surface area (Å²) in [5.41, 5.74) is 2.70. The molecule has 14 heavy (non-hydrogen) atoms. The van der Waals surface area contributed by atoms with E-state index >= 15 is 0 Å². The van der Waals surface area contributed by atoms with Gasteiger partial charge in [0.25, 0.3) is 0 Å². The van der Waals surface area contributed by atoms with Crippen molar-refractivity contribution >= 4 is 11.0 Å². The molecule has 2 rings (SSSR count). The minimum Gasteiger partial charge on any atom is -0.464 e. The first-order chi connectivity index (χ1) is 6.54. The van der Waals surface area contributed by atoms with Crippen molar-refractivity contribution in [2.45, 2.75) is 27.2 Å². The van der Waals surface area contributed by atoms with Crippen LogP contribution in [0.1, 0.15) is 26.3 Å². The number of benzene rings is 1. The lowest BCUT2D eigenvalue weighted by atomic mass is 9.88. The summed E-state index contributed by atoms with van der Waals surface area (Å²) >= 11 is 0. The van der Waals surface area contributed by atoms with Crippen molar-refractivity contribution in [1.82, 2.24) is 0 Å². The zero-order chi connectivity index (χ0) is 10.2. The van der Waals surface area contributed by atoms with E-state index in [1.165, 1.54) is 10.9 Å². The van der Waals surface area contributed by atoms with Crippen LogP contribution >= 0.6 is 0 Å². The summed E-state index contributed by atoms with van der Waals surface area (Å²) in [5, 5.41) is 1.20. The highest BCUT2D eigenvalue weighted by Gasteiger charge is 2.11. The molecule has 1 aromatic heterocycles. The van der Waals surface area contributed by atoms with Gasteiger partial charge in [-0.2, -0.15) is 0 Å². The van der Waals surface area contributed by atoms with Crippen molar-refractivity contribution in [3.05, 3.63) is 36.1 Å². The van der Waals surface area contributed by atoms with Crippen molar-refractivity contribution < 1.29 is 4.42 Å². The van der Waals surface area contributed by atoms with Crippen LogP contribution in [0.25, 0.3) is 11.0 Å². The van der Waals surface area contributed by atoms with E-state index in [1.54, 1.807) is 6.26 Å². The summed E-state index contributed by atoms with van der Waals surface area (Å²) in [6.07, 6.45) is 2.85. The molecule has 0 bridgehead atoms. The lowest BCUT2D eigenvalue weighted by Crippen LogP contribution is -2.08. The second-order valence-corrected chi connectivity index (χ2v) is 5.03. The Balaban J connectivity index is 2.35. The molecule has 1 aromatic carbocycles. The van der Waals surface area contributed by atoms with Gasteiger partial charge in [0, 0.05) is 5.39 Å². The SMILES string of the molecule is CC(C)(C)Cc1ccc2occc2c1. The van der Waals surface area contributed by atoms with Crippen LogP contribution in [0.15, 0.2) is 34.9 Å². The maximum atomic E-state index is 5.30. The number of furan rings is 1. The molecular weight excluding hydrogens is 172 g/mol. The Morgan fingerprint density at radius 2 is 1.93 bits per heavy atom. The molecule has 1 heterocycles. The summed E-state index contributed by atoms with van der Waals surface area (Å²) in [6, 6.07) is 8.43. The Labute approximate surface area is 84.7 Å². The van der Waals surface area contributed by atoms with E-state index in [2.05, 4.69) is 39.0 Å². The van der Waals surface area contributed by atoms with Crippen molar-refractivity contribution in [3.63, 3.8) is 0 Å². The van der Waals surface area contributed by atoms with Gasteiger partial charge in [0.15, 0.2) is 0 Å². The van der Waals surface area contributed by atoms with Crippen molar-refractivity contribution in [2.24, 2.45) is 5.41 Å². The Bertz CT molecular complexity index is 432. The molecule has 74 valence electrons. The highest BCUT2D eigenvalue weighted by Crippen LogP contribution is 2.23. The fraction of sp³-hybridized carbons (Fsp3) is 0.385. The van der Waals surface area contributed by atoms with Crippen molar-refractivity contribution in [2.75, 3.05) is 0 Å². The molecule has 1 heteroatoms. The predicted molar refractivity (Wildman–Crippen MR) is 59.4 cm³/mol. The Morgan fingerprint density at radius 3 is 2.64 bits per heavy atom. The van der Waals surface area contributed by atoms with Crippen LogP contribution in [0.4, 0.5) is 0 Å². The van der Waals surface area contributed by atoms with E-state index in [1.807, 2.05) is 6.07 Å². The number of hydrogen-bond acceptors (Lipinski definition) is 1. The zero-order valence-corrected chi connectivity index (χ0v) is 9.00. The van der Waals surface area contributed by atoms with Gasteiger partial charge in [-0.15, -0.1) is 0 Å². The first-order valence-corrected chi connectivity index (χ1v) is 5.01. The third kappa shape index (κ3) is 1.98. The van der Waals surface area contributed by atoms with Crippen LogP contribution in [0.3, 0.4) is 0 Å². The lowest BCUT2D eigenvalue weighted by molar-refractivity contribution is 0.411. The van der Waals surface area contributed by atoms with Crippen molar-refractivity contribution in [1.29, 1.82) is 0 Å². The quantitative estimate of drug-likeness (QED) is 0.658. The second kappa shape index (κ2) is 3.16. The van der Waals surface area contributed by atoms with Crippen molar-refractivity contribution in [3.8, 4) is 0 Å². The third-order valence-electron chi connectivity index (χ3n) is 2.25. The minimum atomic E-state index is 0.345. The fourth-order valence-electron chi connectivity index (χ4n) is 1.74. The van der Waals surface area contributed by atoms with Gasteiger partial charge in [-0.1, -0.05) is 26.8 Å². The van der Waals surface area contributed by atoms with Crippen LogP contribution in [0.2, 0.25) is 0 Å². The maximum Gasteiger partial charge on any atom is 0.133 e. The molecule has 0 atom stereocenters. The molecule has 0 spiro atoms. The molecule has 0 aliphatic carbocycles. The number of rotatable bonds is 1. The molecular formula is C13H16O. The molecule has 0 aliphatic heterocycles. The highest BCUT2D eigenvalue weighted by atomic mass is 16.3. The Morgan fingerprint density at radius 1 is 1.14 bits per heavy atom. The molecule has 0 fully saturated rings. The first kappa shape index (κ1) is 9.32. The van der Waals surface area contributed by atoms with Gasteiger partial charge in [0.2, 0.25) is 0 Å². The van der Waals surface area contributed by atoms with Crippen LogP contribution in [-0.4, -0.2) is 0 Å². The van der Waals surface area contributed by atoms with Gasteiger partial charge in [0.1, 0.15) is 5.58 Å². The summed E-state index contributed by atoms with van der Waals surface area (Å²) in [5.74, 6) is 0. The van der Waals surface area contributed by atoms with E-state index in [0.717, 1.165) is 12.0 Å². The summed E-state index contributed by atoms with van der Waals surface area (Å²) < 4.78 is 5.30. The predicted octanol–water partition coefficient (Wildman–Crippen LogP) is 4.02. The molecule has 0 aliphatic rings. The molecule has 1 nitrogen and oxygen atoms in total. The summed E-state index contributed by atoms with van der Waals surface area (Å²) in [7, 11) is 0. The molecule has 0 radical (unpaired) electrons. The normalized spacial score (nSPS) is 12.2. The van der Waals surface area contributed by atoms with E-state index in [-0.39, 0.29) is 0 Å². The highest BCUT2D eigenvalue weighted by molar-refractivity contribution is 5.77. The molecule has 0 saturated carbocycles. The monoisotopic (exact) mass is 188 g/mol. The Kier molecular flexibility index (Phi) is 2.10. The standard InChI is InChI=1S/C13H16O/c1-13(2,3)9-10-4-5-12-11(8-10)6-7-14-12/h4-8H,9H2,1-3H3. The van der Waals surface area contributed by atoms with Gasteiger partial charge < -0.3 is 4.42 Å². The molecule has 0 amide bonds. The maximum absolute atomic E-state index is 5.30. The van der Waals surface area contributed by atoms with E-state index in [0.29, 0.717) is 5.41 Å². The average molecular weight is 188 g/mol. The van der Waals surface area contributed by atoms with Crippen LogP contribution < -0.4 is 0 Å². The second-order valence-electron chi connectivity index (χ2n) is 5.03. The number of fused-ring (bicyclic) bond motifs is 1. The minimum absolute atomic E-state index is 0.345. The lowest BCUT2D eigenvalue weighted by Gasteiger charge is -2.17. The largest absolute Gasteiger partial charge is 0.464 e. The van der Waals surface area contributed by atoms with E-state index < -0.39 is 0 Å². The molecule has 0 unspecified atom stereocenters. The van der Waals surface area contributed by atoms with Crippen LogP contribution in [0.5, 0.6) is 0 Å². The van der Waals surface area contributed by atoms with Gasteiger partial charge in [-0.05, 0) is 35.6 Å². The van der Waals surface area contributed by atoms with Gasteiger partial charge in [0.05, 0.1) is 6.26 Å². The fourth-order valence-corrected chi connectivity index (χ4v) is 1.74. The summed E-state index contributed by atoms with van der Waals surface area (Å²) in [6.45, 7) is 6.77. The number of hydrogen-bond donors (Lipinski definition) is 0. The smallest absolute Gasteiger partial charge is 0.133 e. The summed E-state index contributed by atoms with van der Waals surface area (Å²) in [4.78, 5) is 0. The van der Waals surface area contributed by atoms with E-state index in [9.17, 15) is 0 Å². The van der Waals surface area contributed by atoms with E-state index in [4.69, 9.17) is 4.42 Å². The Hall–Kier alpha value is -1.24. The molecule has 2 aromatic rings. The van der Waals surface area contributed by atoms with Gasteiger partial charge >= 0.3 is 0 Å². The van der Waals surface area contributed by atoms with Crippen LogP contribution in [0, 0.1) is 5.41 Å². The topological polar surface area (TPSA) is 13.1 Å². The van der Waals surface area contributed by atoms with Crippen LogP contribution in [-0.2, 0) is 6.42 Å². The zero-order valence-electron chi connectivity index (χ0n) is 9.00. The average Bonchev–Trinajstić information content (AvgIpc) is 2.47. The van der Waals surface area contributed by atoms with Gasteiger partial charge in [-0.25, -0.2) is 0 Å². The third-order valence-corrected chi connectivity index (χ3v) is 2.25. The van der Waals surface area contributed by atoms with Gasteiger partial charge in [-0.3, -0.25) is 0 Å². The first-order valence-electron chi connectivity index (χ1n) is 5.01. The molecule has 0 saturated heterocycles. The molecule has 0 N–H and O–H groups in total.